The van der Waals surface area contributed by atoms with E-state index in [2.05, 4.69) is 0 Å². The van der Waals surface area contributed by atoms with Crippen LogP contribution in [0.25, 0.3) is 0 Å². The summed E-state index contributed by atoms with van der Waals surface area (Å²) < 4.78 is 12.6. The molecule has 0 aromatic heterocycles. The Labute approximate surface area is 67.2 Å². The van der Waals surface area contributed by atoms with E-state index < -0.39 is 17.3 Å². The maximum atomic E-state index is 12.6. The van der Waals surface area contributed by atoms with Crippen molar-refractivity contribution in [2.24, 2.45) is 0 Å². The Hall–Kier alpha value is -1.62. The molecule has 5 heteroatoms. The third-order valence-corrected chi connectivity index (χ3v) is 1.31. The van der Waals surface area contributed by atoms with Crippen LogP contribution in [0, 0.1) is 11.0 Å². The molecule has 1 rings (SSSR count). The van der Waals surface area contributed by atoms with Gasteiger partial charge < -0.3 is 15.8 Å². The molecule has 64 valence electrons. The first-order valence-corrected chi connectivity index (χ1v) is 3.06. The highest BCUT2D eigenvalue weighted by molar-refractivity contribution is 5.89. The standard InChI is InChI=1S/C7H5FNO3/c8-6-2-1-4(9-12)3-5(6)7(10)11/h1-3,9H,(H,10,11)/q-1. The minimum Gasteiger partial charge on any atom is -0.761 e. The van der Waals surface area contributed by atoms with Crippen LogP contribution in [0.15, 0.2) is 18.2 Å². The number of hydrogen-bond acceptors (Lipinski definition) is 3. The quantitative estimate of drug-likeness (QED) is 0.658. The average Bonchev–Trinajstić information content (AvgIpc) is 2.05. The normalized spacial score (nSPS) is 9.50. The molecule has 0 atom stereocenters. The Morgan fingerprint density at radius 2 is 2.25 bits per heavy atom. The predicted molar refractivity (Wildman–Crippen MR) is 40.3 cm³/mol. The lowest BCUT2D eigenvalue weighted by molar-refractivity contribution is 0.0692. The van der Waals surface area contributed by atoms with Crippen molar-refractivity contribution in [3.05, 3.63) is 34.8 Å². The van der Waals surface area contributed by atoms with Gasteiger partial charge in [0.1, 0.15) is 5.82 Å². The van der Waals surface area contributed by atoms with Crippen molar-refractivity contribution in [2.75, 3.05) is 5.48 Å². The molecule has 2 N–H and O–H groups in total. The first kappa shape index (κ1) is 8.48. The summed E-state index contributed by atoms with van der Waals surface area (Å²) in [5.41, 5.74) is 0.974. The van der Waals surface area contributed by atoms with Crippen LogP contribution in [0.4, 0.5) is 10.1 Å². The van der Waals surface area contributed by atoms with Crippen molar-refractivity contribution < 1.29 is 14.3 Å². The van der Waals surface area contributed by atoms with Gasteiger partial charge in [0.15, 0.2) is 0 Å². The SMILES string of the molecule is O=C(O)c1cc(N[O-])ccc1F. The monoisotopic (exact) mass is 170 g/mol. The second-order valence-corrected chi connectivity index (χ2v) is 2.10. The largest absolute Gasteiger partial charge is 0.761 e. The minimum atomic E-state index is -1.40. The van der Waals surface area contributed by atoms with E-state index in [-0.39, 0.29) is 5.69 Å². The Balaban J connectivity index is 3.17. The van der Waals surface area contributed by atoms with Crippen molar-refractivity contribution >= 4 is 11.7 Å². The average molecular weight is 170 g/mol. The molecule has 1 aromatic carbocycles. The second kappa shape index (κ2) is 3.19. The highest BCUT2D eigenvalue weighted by Gasteiger charge is 2.09. The molecule has 0 aliphatic carbocycles. The molecule has 1 aromatic rings. The number of carboxylic acid groups (broad SMARTS) is 1. The summed E-state index contributed by atoms with van der Waals surface area (Å²) in [6.07, 6.45) is 0. The number of rotatable bonds is 2. The molecular formula is C7H5FNO3-. The van der Waals surface area contributed by atoms with Gasteiger partial charge >= 0.3 is 5.97 Å². The fourth-order valence-corrected chi connectivity index (χ4v) is 0.753. The maximum Gasteiger partial charge on any atom is 0.338 e. The van der Waals surface area contributed by atoms with Crippen LogP contribution in [0.3, 0.4) is 0 Å². The molecule has 0 radical (unpaired) electrons. The zero-order valence-corrected chi connectivity index (χ0v) is 5.87. The van der Waals surface area contributed by atoms with Crippen molar-refractivity contribution in [1.29, 1.82) is 0 Å². The Morgan fingerprint density at radius 1 is 1.58 bits per heavy atom. The van der Waals surface area contributed by atoms with Gasteiger partial charge in [0.25, 0.3) is 0 Å². The fourth-order valence-electron chi connectivity index (χ4n) is 0.753. The topological polar surface area (TPSA) is 72.4 Å². The smallest absolute Gasteiger partial charge is 0.338 e. The third kappa shape index (κ3) is 1.51. The van der Waals surface area contributed by atoms with Gasteiger partial charge in [-0.15, -0.1) is 0 Å². The highest BCUT2D eigenvalue weighted by atomic mass is 19.1. The zero-order valence-electron chi connectivity index (χ0n) is 5.87. The van der Waals surface area contributed by atoms with Gasteiger partial charge in [0.2, 0.25) is 0 Å². The summed E-state index contributed by atoms with van der Waals surface area (Å²) in [6, 6.07) is 3.02. The number of aromatic carboxylic acids is 1. The number of carbonyl (C=O) groups is 1. The molecule has 0 bridgehead atoms. The fraction of sp³-hybridized carbons (Fsp3) is 0. The van der Waals surface area contributed by atoms with E-state index in [1.165, 1.54) is 5.48 Å². The number of halogens is 1. The van der Waals surface area contributed by atoms with E-state index in [1.807, 2.05) is 0 Å². The van der Waals surface area contributed by atoms with Crippen LogP contribution < -0.4 is 5.48 Å². The van der Waals surface area contributed by atoms with E-state index in [9.17, 15) is 14.4 Å². The van der Waals surface area contributed by atoms with Gasteiger partial charge in [-0.3, -0.25) is 0 Å². The Morgan fingerprint density at radius 3 is 2.75 bits per heavy atom. The molecule has 12 heavy (non-hydrogen) atoms. The highest BCUT2D eigenvalue weighted by Crippen LogP contribution is 2.13. The van der Waals surface area contributed by atoms with E-state index >= 15 is 0 Å². The van der Waals surface area contributed by atoms with Gasteiger partial charge in [0, 0.05) is 5.69 Å². The lowest BCUT2D eigenvalue weighted by atomic mass is 10.2. The van der Waals surface area contributed by atoms with Crippen LogP contribution in [0.2, 0.25) is 0 Å². The van der Waals surface area contributed by atoms with E-state index in [4.69, 9.17) is 5.11 Å². The molecule has 0 fully saturated rings. The number of carboxylic acids is 1. The van der Waals surface area contributed by atoms with Gasteiger partial charge in [-0.05, 0) is 18.2 Å². The maximum absolute atomic E-state index is 12.6. The molecule has 0 aliphatic rings. The molecule has 0 spiro atoms. The van der Waals surface area contributed by atoms with E-state index in [0.717, 1.165) is 18.2 Å². The summed E-state index contributed by atoms with van der Waals surface area (Å²) in [4.78, 5) is 10.3. The van der Waals surface area contributed by atoms with E-state index in [0.29, 0.717) is 0 Å². The molecule has 0 aliphatic heterocycles. The molecule has 4 nitrogen and oxygen atoms in total. The number of benzene rings is 1. The van der Waals surface area contributed by atoms with Crippen LogP contribution in [0.5, 0.6) is 0 Å². The van der Waals surface area contributed by atoms with Gasteiger partial charge in [-0.1, -0.05) is 0 Å². The molecular weight excluding hydrogens is 165 g/mol. The number of anilines is 1. The Kier molecular flexibility index (Phi) is 2.25. The molecule has 0 amide bonds. The molecule has 0 heterocycles. The summed E-state index contributed by atoms with van der Waals surface area (Å²) in [5.74, 6) is -2.26. The van der Waals surface area contributed by atoms with Crippen LogP contribution in [-0.2, 0) is 0 Å². The second-order valence-electron chi connectivity index (χ2n) is 2.10. The first-order chi connectivity index (χ1) is 5.65. The Bertz CT molecular complexity index is 314. The number of hydrogen-bond donors (Lipinski definition) is 2. The zero-order chi connectivity index (χ0) is 9.14. The van der Waals surface area contributed by atoms with Crippen LogP contribution >= 0.6 is 0 Å². The molecule has 0 unspecified atom stereocenters. The van der Waals surface area contributed by atoms with Crippen molar-refractivity contribution in [1.82, 2.24) is 0 Å². The number of nitrogens with one attached hydrogen (secondary N) is 1. The summed E-state index contributed by atoms with van der Waals surface area (Å²) in [7, 11) is 0. The van der Waals surface area contributed by atoms with E-state index in [1.54, 1.807) is 0 Å². The summed E-state index contributed by atoms with van der Waals surface area (Å²) in [6.45, 7) is 0. The summed E-state index contributed by atoms with van der Waals surface area (Å²) in [5, 5.41) is 18.5. The van der Waals surface area contributed by atoms with Crippen molar-refractivity contribution in [3.8, 4) is 0 Å². The molecule has 0 saturated carbocycles. The van der Waals surface area contributed by atoms with Crippen molar-refractivity contribution in [3.63, 3.8) is 0 Å². The lowest BCUT2D eigenvalue weighted by Crippen LogP contribution is -2.01. The lowest BCUT2D eigenvalue weighted by Gasteiger charge is -2.09. The van der Waals surface area contributed by atoms with Crippen LogP contribution in [0.1, 0.15) is 10.4 Å². The minimum absolute atomic E-state index is 0.0220. The predicted octanol–water partition coefficient (Wildman–Crippen LogP) is 1.43. The first-order valence-electron chi connectivity index (χ1n) is 3.06. The molecule has 0 saturated heterocycles. The van der Waals surface area contributed by atoms with Gasteiger partial charge in [-0.25, -0.2) is 9.18 Å². The van der Waals surface area contributed by atoms with Gasteiger partial charge in [0.05, 0.1) is 5.56 Å². The van der Waals surface area contributed by atoms with Crippen molar-refractivity contribution in [2.45, 2.75) is 0 Å². The van der Waals surface area contributed by atoms with Crippen LogP contribution in [-0.4, -0.2) is 11.1 Å². The van der Waals surface area contributed by atoms with Gasteiger partial charge in [-0.2, -0.15) is 0 Å². The summed E-state index contributed by atoms with van der Waals surface area (Å²) >= 11 is 0. The third-order valence-electron chi connectivity index (χ3n) is 1.31.